The number of carbonyl (C=O) groups is 1. The number of amides is 1. The number of rotatable bonds is 1. The van der Waals surface area contributed by atoms with Gasteiger partial charge in [-0.25, -0.2) is 14.8 Å². The smallest absolute Gasteiger partial charge is 0.413 e. The van der Waals surface area contributed by atoms with Crippen LogP contribution in [0, 0.1) is 0 Å². The highest BCUT2D eigenvalue weighted by molar-refractivity contribution is 6.36. The highest BCUT2D eigenvalue weighted by Gasteiger charge is 2.18. The van der Waals surface area contributed by atoms with Crippen molar-refractivity contribution in [1.29, 1.82) is 0 Å². The second-order valence-corrected chi connectivity index (χ2v) is 5.12. The first kappa shape index (κ1) is 12.6. The zero-order valence-electron chi connectivity index (χ0n) is 10.2. The fourth-order valence-corrected chi connectivity index (χ4v) is 1.65. The maximum atomic E-state index is 11.7. The number of fused-ring (bicyclic) bond motifs is 1. The molecule has 2 N–H and O–H groups in total. The van der Waals surface area contributed by atoms with Crippen LogP contribution in [0.4, 0.5) is 10.6 Å². The van der Waals surface area contributed by atoms with E-state index in [1.165, 1.54) is 6.33 Å². The fraction of sp³-hybridized carbons (Fsp3) is 0.364. The molecule has 0 atom stereocenters. The Hall–Kier alpha value is -1.82. The SMILES string of the molecule is CC(C)(C)OC(=O)Nc1ncnc2[nH]cc(Cl)c12. The van der Waals surface area contributed by atoms with Crippen LogP contribution in [0.2, 0.25) is 5.02 Å². The molecule has 2 aromatic rings. The van der Waals surface area contributed by atoms with E-state index < -0.39 is 11.7 Å². The highest BCUT2D eigenvalue weighted by atomic mass is 35.5. The summed E-state index contributed by atoms with van der Waals surface area (Å²) in [6, 6.07) is 0. The van der Waals surface area contributed by atoms with Gasteiger partial charge in [-0.15, -0.1) is 0 Å². The number of aromatic amines is 1. The summed E-state index contributed by atoms with van der Waals surface area (Å²) in [7, 11) is 0. The maximum absolute atomic E-state index is 11.7. The second kappa shape index (κ2) is 4.45. The standard InChI is InChI=1S/C11H13ClN4O2/c1-11(2,3)18-10(17)16-9-7-6(12)4-13-8(7)14-5-15-9/h4-5H,1-3H3,(H2,13,14,15,16,17). The van der Waals surface area contributed by atoms with Crippen LogP contribution in [0.25, 0.3) is 11.0 Å². The van der Waals surface area contributed by atoms with Crippen molar-refractivity contribution >= 4 is 34.5 Å². The predicted molar refractivity (Wildman–Crippen MR) is 68.8 cm³/mol. The third-order valence-electron chi connectivity index (χ3n) is 2.04. The molecule has 0 spiro atoms. The highest BCUT2D eigenvalue weighted by Crippen LogP contribution is 2.27. The Morgan fingerprint density at radius 3 is 2.83 bits per heavy atom. The molecule has 96 valence electrons. The van der Waals surface area contributed by atoms with Gasteiger partial charge in [-0.1, -0.05) is 11.6 Å². The van der Waals surface area contributed by atoms with Gasteiger partial charge >= 0.3 is 6.09 Å². The van der Waals surface area contributed by atoms with Gasteiger partial charge in [0.05, 0.1) is 10.4 Å². The molecule has 7 heteroatoms. The van der Waals surface area contributed by atoms with E-state index in [1.807, 2.05) is 0 Å². The molecule has 0 saturated heterocycles. The van der Waals surface area contributed by atoms with Crippen molar-refractivity contribution in [2.45, 2.75) is 26.4 Å². The first-order valence-corrected chi connectivity index (χ1v) is 5.72. The summed E-state index contributed by atoms with van der Waals surface area (Å²) >= 11 is 5.99. The van der Waals surface area contributed by atoms with Crippen molar-refractivity contribution in [1.82, 2.24) is 15.0 Å². The minimum atomic E-state index is -0.584. The van der Waals surface area contributed by atoms with Crippen LogP contribution in [0.3, 0.4) is 0 Å². The molecule has 0 aromatic carbocycles. The molecule has 0 fully saturated rings. The van der Waals surface area contributed by atoms with E-state index in [0.29, 0.717) is 21.9 Å². The van der Waals surface area contributed by atoms with Gasteiger partial charge in [0.25, 0.3) is 0 Å². The first-order valence-electron chi connectivity index (χ1n) is 5.34. The van der Waals surface area contributed by atoms with E-state index in [-0.39, 0.29) is 0 Å². The lowest BCUT2D eigenvalue weighted by Crippen LogP contribution is -2.27. The summed E-state index contributed by atoms with van der Waals surface area (Å²) in [6.45, 7) is 5.35. The van der Waals surface area contributed by atoms with E-state index in [9.17, 15) is 4.79 Å². The lowest BCUT2D eigenvalue weighted by Gasteiger charge is -2.19. The third kappa shape index (κ3) is 2.70. The molecule has 6 nitrogen and oxygen atoms in total. The number of H-pyrrole nitrogens is 1. The molecule has 0 unspecified atom stereocenters. The third-order valence-corrected chi connectivity index (χ3v) is 2.34. The summed E-state index contributed by atoms with van der Waals surface area (Å²) in [5, 5.41) is 3.55. The summed E-state index contributed by atoms with van der Waals surface area (Å²) < 4.78 is 5.14. The number of hydrogen-bond donors (Lipinski definition) is 2. The molecule has 0 saturated carbocycles. The van der Waals surface area contributed by atoms with Gasteiger partial charge < -0.3 is 9.72 Å². The van der Waals surface area contributed by atoms with Crippen LogP contribution in [-0.2, 0) is 4.74 Å². The van der Waals surface area contributed by atoms with Gasteiger partial charge in [0.2, 0.25) is 0 Å². The Bertz CT molecular complexity index is 588. The molecule has 0 aliphatic rings. The van der Waals surface area contributed by atoms with Crippen molar-refractivity contribution in [2.75, 3.05) is 5.32 Å². The normalized spacial score (nSPS) is 11.6. The van der Waals surface area contributed by atoms with Gasteiger partial charge in [-0.2, -0.15) is 0 Å². The minimum absolute atomic E-state index is 0.320. The van der Waals surface area contributed by atoms with Gasteiger partial charge in [0, 0.05) is 6.20 Å². The molecular weight excluding hydrogens is 256 g/mol. The maximum Gasteiger partial charge on any atom is 0.413 e. The molecule has 18 heavy (non-hydrogen) atoms. The number of halogens is 1. The Kier molecular flexibility index (Phi) is 3.13. The molecule has 2 heterocycles. The Labute approximate surface area is 109 Å². The van der Waals surface area contributed by atoms with Crippen LogP contribution < -0.4 is 5.32 Å². The van der Waals surface area contributed by atoms with Crippen LogP contribution >= 0.6 is 11.6 Å². The van der Waals surface area contributed by atoms with Crippen molar-refractivity contribution in [3.8, 4) is 0 Å². The van der Waals surface area contributed by atoms with Crippen LogP contribution in [-0.4, -0.2) is 26.6 Å². The lowest BCUT2D eigenvalue weighted by atomic mass is 10.2. The van der Waals surface area contributed by atoms with Gasteiger partial charge in [0.1, 0.15) is 23.4 Å². The lowest BCUT2D eigenvalue weighted by molar-refractivity contribution is 0.0635. The summed E-state index contributed by atoms with van der Waals surface area (Å²) in [4.78, 5) is 22.5. The zero-order valence-corrected chi connectivity index (χ0v) is 11.0. The molecule has 1 amide bonds. The quantitative estimate of drug-likeness (QED) is 0.833. The number of carbonyl (C=O) groups excluding carboxylic acids is 1. The van der Waals surface area contributed by atoms with E-state index in [4.69, 9.17) is 16.3 Å². The van der Waals surface area contributed by atoms with Crippen LogP contribution in [0.5, 0.6) is 0 Å². The van der Waals surface area contributed by atoms with Crippen molar-refractivity contribution < 1.29 is 9.53 Å². The second-order valence-electron chi connectivity index (χ2n) is 4.71. The van der Waals surface area contributed by atoms with E-state index >= 15 is 0 Å². The molecular formula is C11H13ClN4O2. The van der Waals surface area contributed by atoms with Crippen molar-refractivity contribution in [3.05, 3.63) is 17.5 Å². The predicted octanol–water partition coefficient (Wildman–Crippen LogP) is 2.96. The number of ether oxygens (including phenoxy) is 1. The number of hydrogen-bond acceptors (Lipinski definition) is 4. The zero-order chi connectivity index (χ0) is 13.3. The number of anilines is 1. The first-order chi connectivity index (χ1) is 8.37. The average Bonchev–Trinajstić information content (AvgIpc) is 2.58. The fourth-order valence-electron chi connectivity index (χ4n) is 1.42. The minimum Gasteiger partial charge on any atom is -0.444 e. The van der Waals surface area contributed by atoms with E-state index in [0.717, 1.165) is 0 Å². The summed E-state index contributed by atoms with van der Waals surface area (Å²) in [5.74, 6) is 0.320. The molecule has 2 aromatic heterocycles. The summed E-state index contributed by atoms with van der Waals surface area (Å²) in [5.41, 5.74) is -0.0147. The monoisotopic (exact) mass is 268 g/mol. The molecule has 2 rings (SSSR count). The van der Waals surface area contributed by atoms with Gasteiger partial charge in [-0.05, 0) is 20.8 Å². The van der Waals surface area contributed by atoms with Crippen LogP contribution in [0.15, 0.2) is 12.5 Å². The van der Waals surface area contributed by atoms with Gasteiger partial charge in [0.15, 0.2) is 0 Å². The van der Waals surface area contributed by atoms with Crippen molar-refractivity contribution in [3.63, 3.8) is 0 Å². The molecule has 0 aliphatic heterocycles. The Balaban J connectivity index is 2.27. The molecule has 0 aliphatic carbocycles. The summed E-state index contributed by atoms with van der Waals surface area (Å²) in [6.07, 6.45) is 2.34. The van der Waals surface area contributed by atoms with Gasteiger partial charge in [-0.3, -0.25) is 5.32 Å². The Morgan fingerprint density at radius 2 is 2.17 bits per heavy atom. The molecule has 0 bridgehead atoms. The largest absolute Gasteiger partial charge is 0.444 e. The van der Waals surface area contributed by atoms with Crippen LogP contribution in [0.1, 0.15) is 20.8 Å². The Morgan fingerprint density at radius 1 is 1.44 bits per heavy atom. The number of nitrogens with one attached hydrogen (secondary N) is 2. The average molecular weight is 269 g/mol. The van der Waals surface area contributed by atoms with E-state index in [1.54, 1.807) is 27.0 Å². The van der Waals surface area contributed by atoms with E-state index in [2.05, 4.69) is 20.3 Å². The van der Waals surface area contributed by atoms with Crippen molar-refractivity contribution in [2.24, 2.45) is 0 Å². The number of nitrogens with zero attached hydrogens (tertiary/aromatic N) is 2. The molecule has 0 radical (unpaired) electrons. The number of aromatic nitrogens is 3. The topological polar surface area (TPSA) is 79.9 Å².